The van der Waals surface area contributed by atoms with Gasteiger partial charge >= 0.3 is 0 Å². The number of thiazole rings is 1. The number of hydrogen-bond donors (Lipinski definition) is 0. The van der Waals surface area contributed by atoms with Crippen LogP contribution in [0.3, 0.4) is 0 Å². The lowest BCUT2D eigenvalue weighted by atomic mass is 10.7. The smallest absolute Gasteiger partial charge is 0.171 e. The van der Waals surface area contributed by atoms with Crippen LogP contribution in [-0.4, -0.2) is 14.5 Å². The molecule has 0 unspecified atom stereocenters. The van der Waals surface area contributed by atoms with E-state index < -0.39 is 0 Å². The second-order valence-electron chi connectivity index (χ2n) is 2.20. The maximum absolute atomic E-state index is 4.29. The predicted molar refractivity (Wildman–Crippen MR) is 41.1 cm³/mol. The molecule has 0 aliphatic carbocycles. The van der Waals surface area contributed by atoms with Gasteiger partial charge < -0.3 is 4.57 Å². The molecule has 3 nitrogen and oxygen atoms in total. The molecule has 0 spiro atoms. The highest BCUT2D eigenvalue weighted by Crippen LogP contribution is 2.16. The normalized spacial score (nSPS) is 11.0. The molecule has 0 N–H and O–H groups in total. The molecule has 2 rings (SSSR count). The Labute approximate surface area is 62.3 Å². The maximum atomic E-state index is 4.29. The summed E-state index contributed by atoms with van der Waals surface area (Å²) >= 11 is 1.58. The molecule has 0 aliphatic heterocycles. The van der Waals surface area contributed by atoms with Gasteiger partial charge in [0, 0.05) is 7.05 Å². The van der Waals surface area contributed by atoms with Crippen LogP contribution in [-0.2, 0) is 7.05 Å². The summed E-state index contributed by atoms with van der Waals surface area (Å²) in [7, 11) is 1.98. The van der Waals surface area contributed by atoms with E-state index in [0.29, 0.717) is 0 Å². The molecule has 4 heteroatoms. The quantitative estimate of drug-likeness (QED) is 0.571. The fourth-order valence-corrected chi connectivity index (χ4v) is 1.65. The van der Waals surface area contributed by atoms with Crippen LogP contribution in [0.4, 0.5) is 0 Å². The molecule has 0 amide bonds. The van der Waals surface area contributed by atoms with Gasteiger partial charge in [0.1, 0.15) is 5.82 Å². The minimum Gasteiger partial charge on any atom is -0.315 e. The first-order valence-electron chi connectivity index (χ1n) is 3.01. The number of aryl methyl sites for hydroxylation is 2. The second kappa shape index (κ2) is 1.79. The van der Waals surface area contributed by atoms with Crippen LogP contribution >= 0.6 is 11.3 Å². The van der Waals surface area contributed by atoms with Crippen LogP contribution in [0.2, 0.25) is 0 Å². The first-order valence-corrected chi connectivity index (χ1v) is 3.89. The van der Waals surface area contributed by atoms with Crippen LogP contribution in [0.1, 0.15) is 5.82 Å². The summed E-state index contributed by atoms with van der Waals surface area (Å²) in [5.74, 6) is 1.02. The van der Waals surface area contributed by atoms with E-state index >= 15 is 0 Å². The molecule has 2 aromatic rings. The van der Waals surface area contributed by atoms with Gasteiger partial charge in [-0.05, 0) is 6.92 Å². The van der Waals surface area contributed by atoms with E-state index in [0.717, 1.165) is 16.3 Å². The van der Waals surface area contributed by atoms with Crippen LogP contribution in [0.15, 0.2) is 5.51 Å². The number of imidazole rings is 1. The lowest BCUT2D eigenvalue weighted by Gasteiger charge is -1.90. The lowest BCUT2D eigenvalue weighted by Crippen LogP contribution is -1.90. The molecule has 0 fully saturated rings. The summed E-state index contributed by atoms with van der Waals surface area (Å²) < 4.78 is 1.99. The maximum Gasteiger partial charge on any atom is 0.171 e. The molecule has 0 radical (unpaired) electrons. The van der Waals surface area contributed by atoms with E-state index in [4.69, 9.17) is 0 Å². The molecule has 0 aromatic carbocycles. The monoisotopic (exact) mass is 153 g/mol. The molecular weight excluding hydrogens is 146 g/mol. The van der Waals surface area contributed by atoms with Crippen molar-refractivity contribution in [2.45, 2.75) is 6.92 Å². The lowest BCUT2D eigenvalue weighted by molar-refractivity contribution is 0.874. The molecule has 10 heavy (non-hydrogen) atoms. The van der Waals surface area contributed by atoms with Crippen LogP contribution < -0.4 is 0 Å². The highest BCUT2D eigenvalue weighted by molar-refractivity contribution is 7.16. The van der Waals surface area contributed by atoms with E-state index in [1.165, 1.54) is 0 Å². The predicted octanol–water partition coefficient (Wildman–Crippen LogP) is 1.34. The Morgan fingerprint density at radius 3 is 3.10 bits per heavy atom. The van der Waals surface area contributed by atoms with Crippen molar-refractivity contribution in [1.82, 2.24) is 14.5 Å². The van der Waals surface area contributed by atoms with E-state index in [9.17, 15) is 0 Å². The third-order valence-corrected chi connectivity index (χ3v) is 2.31. The first kappa shape index (κ1) is 5.85. The standard InChI is InChI=1S/C6H7N3S/c1-4-8-6-5(9(4)2)7-3-10-6/h3H,1-2H3. The number of nitrogens with zero attached hydrogens (tertiary/aromatic N) is 3. The van der Waals surface area contributed by atoms with Crippen LogP contribution in [0.5, 0.6) is 0 Å². The molecule has 52 valence electrons. The average molecular weight is 153 g/mol. The van der Waals surface area contributed by atoms with Gasteiger partial charge in [-0.3, -0.25) is 0 Å². The van der Waals surface area contributed by atoms with Gasteiger partial charge in [-0.15, -0.1) is 11.3 Å². The molecule has 2 aromatic heterocycles. The third-order valence-electron chi connectivity index (χ3n) is 1.60. The second-order valence-corrected chi connectivity index (χ2v) is 3.03. The van der Waals surface area contributed by atoms with E-state index in [-0.39, 0.29) is 0 Å². The minimum atomic E-state index is 0.988. The van der Waals surface area contributed by atoms with Gasteiger partial charge in [-0.2, -0.15) is 0 Å². The van der Waals surface area contributed by atoms with Crippen LogP contribution in [0, 0.1) is 6.92 Å². The molecule has 2 heterocycles. The largest absolute Gasteiger partial charge is 0.315 e. The van der Waals surface area contributed by atoms with Crippen LogP contribution in [0.25, 0.3) is 10.5 Å². The fraction of sp³-hybridized carbons (Fsp3) is 0.333. The molecule has 0 saturated carbocycles. The van der Waals surface area contributed by atoms with E-state index in [1.54, 1.807) is 11.3 Å². The number of fused-ring (bicyclic) bond motifs is 1. The zero-order chi connectivity index (χ0) is 7.14. The van der Waals surface area contributed by atoms with Crippen molar-refractivity contribution >= 4 is 21.8 Å². The molecule has 0 saturated heterocycles. The van der Waals surface area contributed by atoms with E-state index in [2.05, 4.69) is 9.97 Å². The molecule has 0 bridgehead atoms. The summed E-state index contributed by atoms with van der Waals surface area (Å²) in [4.78, 5) is 9.48. The van der Waals surface area contributed by atoms with Crippen molar-refractivity contribution in [3.8, 4) is 0 Å². The summed E-state index contributed by atoms with van der Waals surface area (Å²) in [6, 6.07) is 0. The highest BCUT2D eigenvalue weighted by Gasteiger charge is 2.04. The number of rotatable bonds is 0. The van der Waals surface area contributed by atoms with Crippen molar-refractivity contribution < 1.29 is 0 Å². The minimum absolute atomic E-state index is 0.988. The Morgan fingerprint density at radius 2 is 2.40 bits per heavy atom. The zero-order valence-corrected chi connectivity index (χ0v) is 6.64. The molecule has 0 aliphatic rings. The summed E-state index contributed by atoms with van der Waals surface area (Å²) in [5.41, 5.74) is 2.81. The van der Waals surface area contributed by atoms with Crippen molar-refractivity contribution in [2.24, 2.45) is 7.05 Å². The molecular formula is C6H7N3S. The van der Waals surface area contributed by atoms with Gasteiger partial charge in [0.2, 0.25) is 0 Å². The fourth-order valence-electron chi connectivity index (χ4n) is 0.916. The Morgan fingerprint density at radius 1 is 1.60 bits per heavy atom. The molecule has 0 atom stereocenters. The summed E-state index contributed by atoms with van der Waals surface area (Å²) in [5, 5.41) is 0. The van der Waals surface area contributed by atoms with Gasteiger partial charge in [0.25, 0.3) is 0 Å². The van der Waals surface area contributed by atoms with Crippen molar-refractivity contribution in [3.05, 3.63) is 11.3 Å². The topological polar surface area (TPSA) is 30.7 Å². The SMILES string of the molecule is Cc1nc2scnc2n1C. The number of hydrogen-bond acceptors (Lipinski definition) is 3. The highest BCUT2D eigenvalue weighted by atomic mass is 32.1. The Hall–Kier alpha value is -0.900. The first-order chi connectivity index (χ1) is 4.79. The number of aromatic nitrogens is 3. The van der Waals surface area contributed by atoms with Gasteiger partial charge in [-0.25, -0.2) is 9.97 Å². The van der Waals surface area contributed by atoms with Gasteiger partial charge in [-0.1, -0.05) is 0 Å². The Bertz CT molecular complexity index is 360. The summed E-state index contributed by atoms with van der Waals surface area (Å²) in [6.07, 6.45) is 0. The Kier molecular flexibility index (Phi) is 1.05. The van der Waals surface area contributed by atoms with Crippen molar-refractivity contribution in [1.29, 1.82) is 0 Å². The van der Waals surface area contributed by atoms with Crippen molar-refractivity contribution in [2.75, 3.05) is 0 Å². The summed E-state index contributed by atoms with van der Waals surface area (Å²) in [6.45, 7) is 1.98. The van der Waals surface area contributed by atoms with Gasteiger partial charge in [0.05, 0.1) is 5.51 Å². The third kappa shape index (κ3) is 0.593. The van der Waals surface area contributed by atoms with Gasteiger partial charge in [0.15, 0.2) is 10.5 Å². The van der Waals surface area contributed by atoms with Crippen molar-refractivity contribution in [3.63, 3.8) is 0 Å². The average Bonchev–Trinajstić information content (AvgIpc) is 2.41. The zero-order valence-electron chi connectivity index (χ0n) is 5.83. The Balaban J connectivity index is 2.95. The van der Waals surface area contributed by atoms with E-state index in [1.807, 2.05) is 24.0 Å².